The summed E-state index contributed by atoms with van der Waals surface area (Å²) in [5.41, 5.74) is -2.62. The minimum atomic E-state index is -2.62. The number of methoxy groups -OCH3 is 1. The number of hydrogen-bond acceptors (Lipinski definition) is 5. The number of nitrogens with one attached hydrogen (secondary N) is 1. The summed E-state index contributed by atoms with van der Waals surface area (Å²) in [6.45, 7) is 11.4. The quantitative estimate of drug-likeness (QED) is 0.539. The lowest BCUT2D eigenvalue weighted by molar-refractivity contribution is -0.130. The predicted molar refractivity (Wildman–Crippen MR) is 107 cm³/mol. The molecule has 2 atom stereocenters. The van der Waals surface area contributed by atoms with Crippen LogP contribution in [0.15, 0.2) is 0 Å². The smallest absolute Gasteiger partial charge is 0.323 e. The third-order valence-electron chi connectivity index (χ3n) is 3.42. The van der Waals surface area contributed by atoms with Gasteiger partial charge in [0.1, 0.15) is 6.61 Å². The standard InChI is InChI=1S/C15H32N3O3PS2/c1-7-11-16-15(20)18(10-4)22(23,24-13(5)8-2)17(9-3)14(19)12-21-6/h13H,7-12H2,1-6H3,(H,16,20). The van der Waals surface area contributed by atoms with Crippen LogP contribution < -0.4 is 5.32 Å². The maximum absolute atomic E-state index is 12.6. The van der Waals surface area contributed by atoms with Gasteiger partial charge in [0.15, 0.2) is 5.54 Å². The maximum Gasteiger partial charge on any atom is 0.323 e. The van der Waals surface area contributed by atoms with Crippen molar-refractivity contribution < 1.29 is 14.3 Å². The van der Waals surface area contributed by atoms with Crippen LogP contribution in [0, 0.1) is 0 Å². The molecule has 0 bridgehead atoms. The normalized spacial score (nSPS) is 14.6. The van der Waals surface area contributed by atoms with Gasteiger partial charge in [-0.15, -0.1) is 0 Å². The van der Waals surface area contributed by atoms with Crippen molar-refractivity contribution in [2.45, 2.75) is 52.7 Å². The summed E-state index contributed by atoms with van der Waals surface area (Å²) in [6, 6.07) is -0.192. The number of carbonyl (C=O) groups is 2. The highest BCUT2D eigenvalue weighted by Gasteiger charge is 2.38. The zero-order chi connectivity index (χ0) is 18.8. The Hall–Kier alpha value is -0.300. The summed E-state index contributed by atoms with van der Waals surface area (Å²) in [7, 11) is 1.49. The molecule has 9 heteroatoms. The average molecular weight is 398 g/mol. The monoisotopic (exact) mass is 397 g/mol. The van der Waals surface area contributed by atoms with Gasteiger partial charge in [0.25, 0.3) is 5.91 Å². The van der Waals surface area contributed by atoms with Crippen molar-refractivity contribution in [1.29, 1.82) is 0 Å². The fraction of sp³-hybridized carbons (Fsp3) is 0.867. The predicted octanol–water partition coefficient (Wildman–Crippen LogP) is 3.68. The van der Waals surface area contributed by atoms with E-state index >= 15 is 0 Å². The fourth-order valence-electron chi connectivity index (χ4n) is 2.01. The Balaban J connectivity index is 5.77. The minimum absolute atomic E-state index is 0.0264. The molecule has 2 unspecified atom stereocenters. The Bertz CT molecular complexity index is 452. The number of nitrogens with zero attached hydrogens (tertiary/aromatic N) is 2. The van der Waals surface area contributed by atoms with E-state index in [0.717, 1.165) is 12.8 Å². The maximum atomic E-state index is 12.6. The lowest BCUT2D eigenvalue weighted by atomic mass is 10.4. The second-order valence-corrected chi connectivity index (χ2v) is 12.6. The topological polar surface area (TPSA) is 61.9 Å². The molecule has 0 saturated carbocycles. The number of likely N-dealkylation sites (N-methyl/N-ethyl adjacent to an activating group) is 1. The molecule has 0 aromatic carbocycles. The van der Waals surface area contributed by atoms with Crippen molar-refractivity contribution in [1.82, 2.24) is 14.7 Å². The molecule has 3 amide bonds. The van der Waals surface area contributed by atoms with Crippen molar-refractivity contribution in [3.8, 4) is 0 Å². The first-order valence-electron chi connectivity index (χ1n) is 8.46. The molecule has 0 rings (SSSR count). The van der Waals surface area contributed by atoms with E-state index in [0.29, 0.717) is 19.6 Å². The molecule has 0 fully saturated rings. The van der Waals surface area contributed by atoms with Gasteiger partial charge in [-0.2, -0.15) is 0 Å². The van der Waals surface area contributed by atoms with Crippen molar-refractivity contribution >= 4 is 40.7 Å². The largest absolute Gasteiger partial charge is 0.375 e. The molecular formula is C15H32N3O3PS2. The Labute approximate surface area is 155 Å². The molecule has 0 aliphatic heterocycles. The highest BCUT2D eigenvalue weighted by molar-refractivity contribution is 8.69. The summed E-state index contributed by atoms with van der Waals surface area (Å²) >= 11 is 7.56. The SMILES string of the molecule is CCCNC(=O)N(CC)P(=S)(SC(C)CC)N(CC)C(=O)COC. The van der Waals surface area contributed by atoms with E-state index < -0.39 is 5.54 Å². The molecule has 0 spiro atoms. The second kappa shape index (κ2) is 12.1. The number of ether oxygens (including phenoxy) is 1. The molecular weight excluding hydrogens is 365 g/mol. The molecule has 0 saturated heterocycles. The molecule has 1 N–H and O–H groups in total. The van der Waals surface area contributed by atoms with Crippen LogP contribution in [-0.2, 0) is 21.3 Å². The molecule has 0 aromatic rings. The van der Waals surface area contributed by atoms with Gasteiger partial charge in [-0.3, -0.25) is 14.1 Å². The number of amides is 3. The lowest BCUT2D eigenvalue weighted by Crippen LogP contribution is -2.43. The Morgan fingerprint density at radius 1 is 1.21 bits per heavy atom. The van der Waals surface area contributed by atoms with Gasteiger partial charge < -0.3 is 10.1 Å². The van der Waals surface area contributed by atoms with Crippen LogP contribution in [0.2, 0.25) is 0 Å². The Kier molecular flexibility index (Phi) is 12.0. The van der Waals surface area contributed by atoms with E-state index in [9.17, 15) is 9.59 Å². The third-order valence-corrected chi connectivity index (χ3v) is 11.6. The summed E-state index contributed by atoms with van der Waals surface area (Å²) in [5.74, 6) is -0.166. The van der Waals surface area contributed by atoms with Gasteiger partial charge in [0.2, 0.25) is 0 Å². The zero-order valence-electron chi connectivity index (χ0n) is 15.7. The van der Waals surface area contributed by atoms with E-state index in [1.54, 1.807) is 20.7 Å². The number of rotatable bonds is 11. The first-order chi connectivity index (χ1) is 11.3. The summed E-state index contributed by atoms with van der Waals surface area (Å²) < 4.78 is 8.34. The first kappa shape index (κ1) is 23.7. The van der Waals surface area contributed by atoms with Gasteiger partial charge in [-0.25, -0.2) is 4.79 Å². The van der Waals surface area contributed by atoms with Crippen LogP contribution in [-0.4, -0.2) is 59.9 Å². The number of urea groups is 1. The highest BCUT2D eigenvalue weighted by Crippen LogP contribution is 2.66. The first-order valence-corrected chi connectivity index (χ1v) is 12.6. The third kappa shape index (κ3) is 6.54. The van der Waals surface area contributed by atoms with Crippen molar-refractivity contribution in [3.05, 3.63) is 0 Å². The van der Waals surface area contributed by atoms with Gasteiger partial charge in [-0.05, 0) is 38.5 Å². The van der Waals surface area contributed by atoms with E-state index in [-0.39, 0.29) is 23.8 Å². The van der Waals surface area contributed by atoms with Gasteiger partial charge in [-0.1, -0.05) is 32.2 Å². The molecule has 6 nitrogen and oxygen atoms in total. The van der Waals surface area contributed by atoms with Crippen LogP contribution in [0.4, 0.5) is 4.79 Å². The number of carbonyl (C=O) groups excluding carboxylic acids is 2. The Morgan fingerprint density at radius 3 is 2.21 bits per heavy atom. The van der Waals surface area contributed by atoms with E-state index in [1.165, 1.54) is 7.11 Å². The molecule has 0 heterocycles. The van der Waals surface area contributed by atoms with Crippen molar-refractivity contribution in [2.75, 3.05) is 33.4 Å². The summed E-state index contributed by atoms with van der Waals surface area (Å²) in [6.07, 6.45) is 1.78. The molecule has 0 aliphatic rings. The van der Waals surface area contributed by atoms with Crippen LogP contribution in [0.5, 0.6) is 0 Å². The molecule has 0 aromatic heterocycles. The van der Waals surface area contributed by atoms with Crippen LogP contribution in [0.3, 0.4) is 0 Å². The number of hydrogen-bond donors (Lipinski definition) is 1. The van der Waals surface area contributed by atoms with Gasteiger partial charge in [0, 0.05) is 32.0 Å². The van der Waals surface area contributed by atoms with Crippen molar-refractivity contribution in [3.63, 3.8) is 0 Å². The average Bonchev–Trinajstić information content (AvgIpc) is 2.54. The summed E-state index contributed by atoms with van der Waals surface area (Å²) in [4.78, 5) is 25.2. The summed E-state index contributed by atoms with van der Waals surface area (Å²) in [5, 5.41) is 3.15. The van der Waals surface area contributed by atoms with Crippen LogP contribution >= 0.6 is 16.9 Å². The van der Waals surface area contributed by atoms with Gasteiger partial charge >= 0.3 is 6.03 Å². The second-order valence-electron chi connectivity index (χ2n) is 5.31. The van der Waals surface area contributed by atoms with Gasteiger partial charge in [0.05, 0.1) is 0 Å². The van der Waals surface area contributed by atoms with Crippen LogP contribution in [0.25, 0.3) is 0 Å². The van der Waals surface area contributed by atoms with E-state index in [4.69, 9.17) is 16.5 Å². The minimum Gasteiger partial charge on any atom is -0.375 e. The van der Waals surface area contributed by atoms with E-state index in [1.807, 2.05) is 20.8 Å². The molecule has 0 aliphatic carbocycles. The zero-order valence-corrected chi connectivity index (χ0v) is 18.2. The van der Waals surface area contributed by atoms with E-state index in [2.05, 4.69) is 19.2 Å². The van der Waals surface area contributed by atoms with Crippen molar-refractivity contribution in [2.24, 2.45) is 0 Å². The highest BCUT2D eigenvalue weighted by atomic mass is 32.9. The molecule has 24 heavy (non-hydrogen) atoms. The Morgan fingerprint density at radius 2 is 1.79 bits per heavy atom. The molecule has 142 valence electrons. The lowest BCUT2D eigenvalue weighted by Gasteiger charge is -2.42. The van der Waals surface area contributed by atoms with Crippen LogP contribution in [0.1, 0.15) is 47.5 Å². The fourth-order valence-corrected chi connectivity index (χ4v) is 10.7. The molecule has 0 radical (unpaired) electrons.